The third kappa shape index (κ3) is 1.98. The minimum absolute atomic E-state index is 0.346. The topological polar surface area (TPSA) is 75.4 Å². The van der Waals surface area contributed by atoms with Gasteiger partial charge in [-0.05, 0) is 37.5 Å². The fourth-order valence-electron chi connectivity index (χ4n) is 3.74. The van der Waals surface area contributed by atoms with Crippen LogP contribution in [0.1, 0.15) is 29.0 Å². The number of amides is 1. The molecule has 2 aromatic rings. The maximum atomic E-state index is 12.5. The average molecular weight is 322 g/mol. The van der Waals surface area contributed by atoms with Gasteiger partial charge in [-0.15, -0.1) is 0 Å². The molecular weight excluding hydrogens is 304 g/mol. The largest absolute Gasteiger partial charge is 0.375 e. The molecule has 1 aliphatic heterocycles. The number of carbonyl (C=O) groups is 1. The van der Waals surface area contributed by atoms with Crippen LogP contribution in [-0.4, -0.2) is 16.2 Å². The Labute approximate surface area is 139 Å². The van der Waals surface area contributed by atoms with Crippen LogP contribution in [0.4, 0.5) is 0 Å². The number of rotatable bonds is 2. The number of nitrogens with one attached hydrogen (secondary N) is 1. The van der Waals surface area contributed by atoms with Crippen LogP contribution in [0, 0.1) is 19.8 Å². The van der Waals surface area contributed by atoms with Crippen LogP contribution in [0.3, 0.4) is 0 Å². The molecule has 4 rings (SSSR count). The molecule has 0 radical (unpaired) electrons. The van der Waals surface area contributed by atoms with Crippen molar-refractivity contribution in [2.75, 3.05) is 0 Å². The molecule has 2 N–H and O–H groups in total. The molecule has 5 nitrogen and oxygen atoms in total. The molecule has 1 aromatic heterocycles. The summed E-state index contributed by atoms with van der Waals surface area (Å²) in [6, 6.07) is 9.10. The number of benzene rings is 1. The van der Waals surface area contributed by atoms with Crippen molar-refractivity contribution in [2.45, 2.75) is 25.9 Å². The van der Waals surface area contributed by atoms with E-state index in [-0.39, 0.29) is 11.8 Å². The number of aliphatic hydroxyl groups is 1. The molecule has 1 fully saturated rings. The van der Waals surface area contributed by atoms with E-state index in [0.717, 1.165) is 28.3 Å². The van der Waals surface area contributed by atoms with E-state index in [0.29, 0.717) is 12.0 Å². The Morgan fingerprint density at radius 2 is 2.00 bits per heavy atom. The minimum atomic E-state index is -1.56. The first-order chi connectivity index (χ1) is 11.5. The molecule has 1 aromatic carbocycles. The third-order valence-electron chi connectivity index (χ3n) is 4.94. The first-order valence-electron chi connectivity index (χ1n) is 7.95. The van der Waals surface area contributed by atoms with E-state index in [1.807, 2.05) is 44.2 Å². The molecule has 0 saturated carbocycles. The number of hydrogen-bond donors (Lipinski definition) is 2. The van der Waals surface area contributed by atoms with Gasteiger partial charge in [0.1, 0.15) is 5.76 Å². The van der Waals surface area contributed by atoms with Crippen LogP contribution >= 0.6 is 0 Å². The van der Waals surface area contributed by atoms with Crippen molar-refractivity contribution >= 4 is 11.5 Å². The zero-order valence-corrected chi connectivity index (χ0v) is 13.5. The lowest BCUT2D eigenvalue weighted by atomic mass is 9.75. The molecule has 2 atom stereocenters. The highest BCUT2D eigenvalue weighted by atomic mass is 16.5. The molecule has 1 saturated heterocycles. The number of carbonyl (C=O) groups excluding carboxylic acids is 1. The van der Waals surface area contributed by atoms with Crippen LogP contribution < -0.4 is 5.32 Å². The van der Waals surface area contributed by atoms with Gasteiger partial charge in [-0.1, -0.05) is 41.6 Å². The number of fused-ring (bicyclic) bond motifs is 1. The predicted octanol–water partition coefficient (Wildman–Crippen LogP) is 2.60. The van der Waals surface area contributed by atoms with Crippen LogP contribution in [0.2, 0.25) is 0 Å². The monoisotopic (exact) mass is 322 g/mol. The zero-order valence-electron chi connectivity index (χ0n) is 13.5. The van der Waals surface area contributed by atoms with Gasteiger partial charge in [0.2, 0.25) is 0 Å². The van der Waals surface area contributed by atoms with Crippen molar-refractivity contribution in [3.05, 3.63) is 70.8 Å². The summed E-state index contributed by atoms with van der Waals surface area (Å²) in [4.78, 5) is 12.5. The molecule has 1 amide bonds. The maximum absolute atomic E-state index is 12.5. The summed E-state index contributed by atoms with van der Waals surface area (Å²) in [5.41, 5.74) is 2.59. The molecule has 0 bridgehead atoms. The molecule has 5 heteroatoms. The number of nitrogens with zero attached hydrogens (tertiary/aromatic N) is 1. The van der Waals surface area contributed by atoms with Crippen molar-refractivity contribution in [3.63, 3.8) is 0 Å². The summed E-state index contributed by atoms with van der Waals surface area (Å²) in [6.45, 7) is 3.77. The molecule has 0 spiro atoms. The van der Waals surface area contributed by atoms with Gasteiger partial charge in [0.15, 0.2) is 5.60 Å². The first-order valence-corrected chi connectivity index (χ1v) is 7.95. The molecule has 24 heavy (non-hydrogen) atoms. The van der Waals surface area contributed by atoms with Gasteiger partial charge in [-0.3, -0.25) is 4.79 Å². The lowest BCUT2D eigenvalue weighted by Gasteiger charge is -2.29. The molecule has 1 aliphatic carbocycles. The van der Waals surface area contributed by atoms with E-state index in [9.17, 15) is 9.90 Å². The Bertz CT molecular complexity index is 860. The smallest absolute Gasteiger partial charge is 0.261 e. The van der Waals surface area contributed by atoms with E-state index in [2.05, 4.69) is 10.5 Å². The second-order valence-electron chi connectivity index (χ2n) is 6.36. The van der Waals surface area contributed by atoms with Crippen molar-refractivity contribution < 1.29 is 14.4 Å². The second-order valence-corrected chi connectivity index (χ2v) is 6.36. The number of aryl methyl sites for hydroxylation is 2. The van der Waals surface area contributed by atoms with Gasteiger partial charge in [0, 0.05) is 17.2 Å². The Hall–Kier alpha value is -2.66. The first kappa shape index (κ1) is 14.9. The van der Waals surface area contributed by atoms with Gasteiger partial charge in [0.25, 0.3) is 5.91 Å². The van der Waals surface area contributed by atoms with Crippen LogP contribution in [-0.2, 0) is 10.4 Å². The van der Waals surface area contributed by atoms with Crippen molar-refractivity contribution in [2.24, 2.45) is 5.92 Å². The van der Waals surface area contributed by atoms with Gasteiger partial charge in [-0.2, -0.15) is 0 Å². The van der Waals surface area contributed by atoms with E-state index in [4.69, 9.17) is 4.52 Å². The number of allylic oxidation sites excluding steroid dienone is 3. The molecule has 2 heterocycles. The van der Waals surface area contributed by atoms with Gasteiger partial charge >= 0.3 is 0 Å². The zero-order chi connectivity index (χ0) is 16.9. The summed E-state index contributed by atoms with van der Waals surface area (Å²) < 4.78 is 5.26. The van der Waals surface area contributed by atoms with E-state index in [1.54, 1.807) is 12.1 Å². The van der Waals surface area contributed by atoms with E-state index < -0.39 is 5.60 Å². The highest BCUT2D eigenvalue weighted by molar-refractivity contribution is 5.93. The fourth-order valence-corrected chi connectivity index (χ4v) is 3.74. The van der Waals surface area contributed by atoms with E-state index in [1.165, 1.54) is 0 Å². The normalized spacial score (nSPS) is 25.8. The summed E-state index contributed by atoms with van der Waals surface area (Å²) in [5.74, 6) is 0.0237. The van der Waals surface area contributed by atoms with Crippen molar-refractivity contribution in [3.8, 4) is 0 Å². The third-order valence-corrected chi connectivity index (χ3v) is 4.94. The standard InChI is InChI=1S/C19H18N2O3/c1-11-17(12(2)24-21-11)13-8-9-16-15(10-13)19(23,18(22)20-16)14-6-4-3-5-7-14/h3-9,15,23H,10H2,1-2H3,(H,20,22). The SMILES string of the molecule is Cc1noc(C)c1C1=CC=C2NC(=O)C(O)(c3ccccc3)C2C1. The Balaban J connectivity index is 1.77. The minimum Gasteiger partial charge on any atom is -0.375 e. The molecule has 2 unspecified atom stereocenters. The summed E-state index contributed by atoms with van der Waals surface area (Å²) in [6.07, 6.45) is 4.38. The highest BCUT2D eigenvalue weighted by Crippen LogP contribution is 2.46. The number of aromatic nitrogens is 1. The second kappa shape index (κ2) is 5.18. The lowest BCUT2D eigenvalue weighted by Crippen LogP contribution is -2.39. The van der Waals surface area contributed by atoms with Crippen LogP contribution in [0.5, 0.6) is 0 Å². The number of hydrogen-bond acceptors (Lipinski definition) is 4. The maximum Gasteiger partial charge on any atom is 0.261 e. The summed E-state index contributed by atoms with van der Waals surface area (Å²) in [7, 11) is 0. The Morgan fingerprint density at radius 1 is 1.25 bits per heavy atom. The molecule has 122 valence electrons. The van der Waals surface area contributed by atoms with Crippen LogP contribution in [0.15, 0.2) is 52.7 Å². The van der Waals surface area contributed by atoms with Gasteiger partial charge in [-0.25, -0.2) is 0 Å². The van der Waals surface area contributed by atoms with Gasteiger partial charge in [0.05, 0.1) is 5.69 Å². The Morgan fingerprint density at radius 3 is 2.67 bits per heavy atom. The van der Waals surface area contributed by atoms with Crippen LogP contribution in [0.25, 0.3) is 5.57 Å². The van der Waals surface area contributed by atoms with Crippen molar-refractivity contribution in [1.29, 1.82) is 0 Å². The predicted molar refractivity (Wildman–Crippen MR) is 88.6 cm³/mol. The summed E-state index contributed by atoms with van der Waals surface area (Å²) >= 11 is 0. The quantitative estimate of drug-likeness (QED) is 0.891. The van der Waals surface area contributed by atoms with E-state index >= 15 is 0 Å². The highest BCUT2D eigenvalue weighted by Gasteiger charge is 2.53. The molecule has 2 aliphatic rings. The van der Waals surface area contributed by atoms with Gasteiger partial charge < -0.3 is 14.9 Å². The van der Waals surface area contributed by atoms with Crippen molar-refractivity contribution in [1.82, 2.24) is 10.5 Å². The molecular formula is C19H18N2O3. The summed E-state index contributed by atoms with van der Waals surface area (Å²) in [5, 5.41) is 18.1. The average Bonchev–Trinajstić information content (AvgIpc) is 3.06. The fraction of sp³-hybridized carbons (Fsp3) is 0.263. The Kier molecular flexibility index (Phi) is 3.21. The lowest BCUT2D eigenvalue weighted by molar-refractivity contribution is -0.139.